The Balaban J connectivity index is 1.54. The summed E-state index contributed by atoms with van der Waals surface area (Å²) in [4.78, 5) is 24.0. The van der Waals surface area contributed by atoms with Crippen molar-refractivity contribution in [3.63, 3.8) is 0 Å². The molecule has 8 nitrogen and oxygen atoms in total. The summed E-state index contributed by atoms with van der Waals surface area (Å²) in [5.41, 5.74) is -3.77. The Morgan fingerprint density at radius 1 is 0.857 bits per heavy atom. The molecule has 0 N–H and O–H groups in total. The number of sulfonamides is 1. The largest absolute Gasteiger partial charge is 0.416 e. The van der Waals surface area contributed by atoms with E-state index in [0.717, 1.165) is 4.90 Å². The minimum absolute atomic E-state index is 0.0116. The number of pyridine rings is 1. The van der Waals surface area contributed by atoms with Gasteiger partial charge in [-0.15, -0.1) is 0 Å². The second-order valence-electron chi connectivity index (χ2n) is 13.1. The van der Waals surface area contributed by atoms with Gasteiger partial charge in [0, 0.05) is 57.9 Å². The molecule has 266 valence electrons. The van der Waals surface area contributed by atoms with Gasteiger partial charge in [-0.05, 0) is 73.9 Å². The lowest BCUT2D eigenvalue weighted by Crippen LogP contribution is -2.62. The van der Waals surface area contributed by atoms with Crippen molar-refractivity contribution in [3.05, 3.63) is 76.7 Å². The van der Waals surface area contributed by atoms with Crippen LogP contribution in [0.5, 0.6) is 0 Å². The monoisotopic (exact) mass is 715 g/mol. The summed E-state index contributed by atoms with van der Waals surface area (Å²) in [7, 11) is -2.04. The number of anilines is 2. The molecule has 0 spiro atoms. The van der Waals surface area contributed by atoms with Gasteiger partial charge in [-0.25, -0.2) is 17.8 Å². The summed E-state index contributed by atoms with van der Waals surface area (Å²) in [5.74, 6) is -0.824. The average molecular weight is 716 g/mol. The molecular formula is C33H36F7N5O3S. The van der Waals surface area contributed by atoms with Crippen molar-refractivity contribution in [2.24, 2.45) is 0 Å². The zero-order valence-corrected chi connectivity index (χ0v) is 28.3. The van der Waals surface area contributed by atoms with E-state index in [4.69, 9.17) is 0 Å². The molecule has 1 aromatic heterocycles. The molecule has 16 heteroatoms. The van der Waals surface area contributed by atoms with Crippen molar-refractivity contribution >= 4 is 27.4 Å². The quantitative estimate of drug-likeness (QED) is 0.295. The van der Waals surface area contributed by atoms with Crippen LogP contribution in [0.25, 0.3) is 11.1 Å². The molecule has 0 bridgehead atoms. The fourth-order valence-corrected chi connectivity index (χ4v) is 7.28. The molecule has 3 aromatic rings. The van der Waals surface area contributed by atoms with Crippen LogP contribution in [0.3, 0.4) is 0 Å². The van der Waals surface area contributed by atoms with Gasteiger partial charge >= 0.3 is 12.4 Å². The number of fused-ring (bicyclic) bond motifs is 1. The average Bonchev–Trinajstić information content (AvgIpc) is 3.01. The number of amides is 1. The van der Waals surface area contributed by atoms with Crippen LogP contribution in [0.15, 0.2) is 48.7 Å². The normalized spacial score (nSPS) is 18.4. The van der Waals surface area contributed by atoms with Gasteiger partial charge in [0.15, 0.2) is 0 Å². The molecule has 1 atom stereocenters. The lowest BCUT2D eigenvalue weighted by atomic mass is 9.81. The first-order chi connectivity index (χ1) is 22.6. The van der Waals surface area contributed by atoms with Crippen LogP contribution in [0.1, 0.15) is 36.1 Å². The number of piperazine rings is 2. The minimum atomic E-state index is -5.10. The van der Waals surface area contributed by atoms with Gasteiger partial charge in [0.1, 0.15) is 11.6 Å². The summed E-state index contributed by atoms with van der Waals surface area (Å²) >= 11 is 0. The van der Waals surface area contributed by atoms with Crippen LogP contribution >= 0.6 is 0 Å². The Labute approximate surface area is 280 Å². The summed E-state index contributed by atoms with van der Waals surface area (Å²) in [6.45, 7) is 7.07. The minimum Gasteiger partial charge on any atom is -0.354 e. The fraction of sp³-hybridized carbons (Fsp3) is 0.455. The van der Waals surface area contributed by atoms with E-state index in [2.05, 4.69) is 9.88 Å². The smallest absolute Gasteiger partial charge is 0.354 e. The van der Waals surface area contributed by atoms with Gasteiger partial charge in [0.05, 0.1) is 34.7 Å². The number of hydrogen-bond donors (Lipinski definition) is 0. The van der Waals surface area contributed by atoms with E-state index >= 15 is 0 Å². The number of likely N-dealkylation sites (N-methyl/N-ethyl adjacent to an activating group) is 1. The highest BCUT2D eigenvalue weighted by atomic mass is 32.2. The zero-order chi connectivity index (χ0) is 36.3. The standard InChI is InChI=1S/C33H36F7N5O3S/c1-20-12-24(34)6-7-26(20)27-16-29(44-9-8-43-10-11-45(49(5,47)48)19-25(43)18-44)41-17-28(27)42(4)30(46)31(2,3)21-13-22(32(35,36)37)15-23(14-21)33(38,39)40/h6-7,12-17,25H,8-11,18-19H2,1-5H3/t25-/m1/s1. The molecule has 2 aliphatic heterocycles. The predicted molar refractivity (Wildman–Crippen MR) is 171 cm³/mol. The van der Waals surface area contributed by atoms with Crippen molar-refractivity contribution in [3.8, 4) is 11.1 Å². The Morgan fingerprint density at radius 2 is 1.45 bits per heavy atom. The first kappa shape index (κ1) is 36.5. The van der Waals surface area contributed by atoms with Crippen molar-refractivity contribution < 1.29 is 43.9 Å². The van der Waals surface area contributed by atoms with Crippen molar-refractivity contribution in [1.82, 2.24) is 14.2 Å². The van der Waals surface area contributed by atoms with Crippen molar-refractivity contribution in [1.29, 1.82) is 0 Å². The Hall–Kier alpha value is -3.76. The van der Waals surface area contributed by atoms with Crippen LogP contribution in [-0.4, -0.2) is 87.1 Å². The Kier molecular flexibility index (Phi) is 9.57. The highest BCUT2D eigenvalue weighted by Gasteiger charge is 2.42. The Bertz CT molecular complexity index is 1830. The lowest BCUT2D eigenvalue weighted by Gasteiger charge is -2.47. The maximum absolute atomic E-state index is 14.2. The molecule has 49 heavy (non-hydrogen) atoms. The molecule has 5 rings (SSSR count). The number of aromatic nitrogens is 1. The van der Waals surface area contributed by atoms with Gasteiger partial charge in [0.25, 0.3) is 0 Å². The SMILES string of the molecule is Cc1cc(F)ccc1-c1cc(N2CCN3CCN(S(C)(=O)=O)C[C@H]3C2)ncc1N(C)C(=O)C(C)(C)c1cc(C(F)(F)F)cc(C(F)(F)F)c1. The van der Waals surface area contributed by atoms with Crippen LogP contribution in [0, 0.1) is 12.7 Å². The summed E-state index contributed by atoms with van der Waals surface area (Å²) in [6, 6.07) is 6.73. The third kappa shape index (κ3) is 7.55. The van der Waals surface area contributed by atoms with Crippen molar-refractivity contribution in [2.75, 3.05) is 62.4 Å². The van der Waals surface area contributed by atoms with E-state index in [1.54, 1.807) is 13.0 Å². The maximum atomic E-state index is 14.2. The number of carbonyl (C=O) groups is 1. The number of halogens is 7. The molecule has 2 fully saturated rings. The van der Waals surface area contributed by atoms with Crippen LogP contribution in [0.2, 0.25) is 0 Å². The number of hydrogen-bond acceptors (Lipinski definition) is 6. The van der Waals surface area contributed by atoms with Gasteiger partial charge < -0.3 is 9.80 Å². The van der Waals surface area contributed by atoms with E-state index in [-0.39, 0.29) is 17.8 Å². The zero-order valence-electron chi connectivity index (χ0n) is 27.5. The second-order valence-corrected chi connectivity index (χ2v) is 15.0. The van der Waals surface area contributed by atoms with Gasteiger partial charge in [-0.3, -0.25) is 9.69 Å². The number of aryl methyl sites for hydroxylation is 1. The van der Waals surface area contributed by atoms with E-state index < -0.39 is 56.2 Å². The van der Waals surface area contributed by atoms with Crippen LogP contribution in [-0.2, 0) is 32.6 Å². The van der Waals surface area contributed by atoms with E-state index in [0.29, 0.717) is 73.9 Å². The highest BCUT2D eigenvalue weighted by Crippen LogP contribution is 2.41. The van der Waals surface area contributed by atoms with Crippen LogP contribution < -0.4 is 9.80 Å². The number of alkyl halides is 6. The van der Waals surface area contributed by atoms with Gasteiger partial charge in [0.2, 0.25) is 15.9 Å². The summed E-state index contributed by atoms with van der Waals surface area (Å²) in [6.07, 6.45) is -7.63. The molecular weight excluding hydrogens is 679 g/mol. The van der Waals surface area contributed by atoms with Gasteiger partial charge in [-0.1, -0.05) is 6.07 Å². The number of carbonyl (C=O) groups excluding carboxylic acids is 1. The van der Waals surface area contributed by atoms with E-state index in [1.165, 1.54) is 55.9 Å². The predicted octanol–water partition coefficient (Wildman–Crippen LogP) is 5.94. The third-order valence-electron chi connectivity index (χ3n) is 9.31. The van der Waals surface area contributed by atoms with E-state index in [9.17, 15) is 43.9 Å². The van der Waals surface area contributed by atoms with Gasteiger partial charge in [-0.2, -0.15) is 30.6 Å². The topological polar surface area (TPSA) is 77.1 Å². The molecule has 0 radical (unpaired) electrons. The molecule has 0 unspecified atom stereocenters. The molecule has 0 aliphatic carbocycles. The summed E-state index contributed by atoms with van der Waals surface area (Å²) < 4.78 is 122. The molecule has 2 aromatic carbocycles. The maximum Gasteiger partial charge on any atom is 0.416 e. The molecule has 2 aliphatic rings. The Morgan fingerprint density at radius 3 is 2.02 bits per heavy atom. The number of nitrogens with zero attached hydrogens (tertiary/aromatic N) is 5. The van der Waals surface area contributed by atoms with Crippen LogP contribution in [0.4, 0.5) is 42.2 Å². The van der Waals surface area contributed by atoms with E-state index in [1.807, 2.05) is 4.90 Å². The second kappa shape index (κ2) is 12.8. The first-order valence-corrected chi connectivity index (χ1v) is 17.2. The molecule has 0 saturated carbocycles. The molecule has 1 amide bonds. The summed E-state index contributed by atoms with van der Waals surface area (Å²) in [5, 5.41) is 0. The highest BCUT2D eigenvalue weighted by molar-refractivity contribution is 7.88. The fourth-order valence-electron chi connectivity index (χ4n) is 6.43. The first-order valence-electron chi connectivity index (χ1n) is 15.4. The number of rotatable bonds is 6. The lowest BCUT2D eigenvalue weighted by molar-refractivity contribution is -0.143. The van der Waals surface area contributed by atoms with Crippen molar-refractivity contribution in [2.45, 2.75) is 44.6 Å². The molecule has 2 saturated heterocycles. The number of benzene rings is 2. The molecule has 3 heterocycles. The third-order valence-corrected chi connectivity index (χ3v) is 10.6.